The number of carbonyl (C=O) groups is 1. The second-order valence-electron chi connectivity index (χ2n) is 6.68. The molecule has 1 atom stereocenters. The first-order valence-corrected chi connectivity index (χ1v) is 9.34. The molecule has 2 heterocycles. The molecule has 0 spiro atoms. The van der Waals surface area contributed by atoms with Crippen molar-refractivity contribution in [3.05, 3.63) is 66.0 Å². The Hall–Kier alpha value is -3.35. The van der Waals surface area contributed by atoms with E-state index in [0.29, 0.717) is 18.9 Å². The third-order valence-electron chi connectivity index (χ3n) is 4.52. The number of rotatable bonds is 5. The van der Waals surface area contributed by atoms with Gasteiger partial charge in [-0.3, -0.25) is 4.79 Å². The van der Waals surface area contributed by atoms with Gasteiger partial charge in [-0.25, -0.2) is 0 Å². The Balaban J connectivity index is 1.39. The summed E-state index contributed by atoms with van der Waals surface area (Å²) in [6, 6.07) is 15.2. The van der Waals surface area contributed by atoms with Crippen LogP contribution < -0.4 is 14.8 Å². The molecule has 1 aliphatic rings. The van der Waals surface area contributed by atoms with E-state index in [2.05, 4.69) is 15.5 Å². The molecule has 0 radical (unpaired) electrons. The fourth-order valence-corrected chi connectivity index (χ4v) is 3.05. The normalized spacial score (nSPS) is 14.2. The molecular formula is C21H22N4O3. The molecule has 28 heavy (non-hydrogen) atoms. The van der Waals surface area contributed by atoms with Crippen LogP contribution in [0.3, 0.4) is 0 Å². The van der Waals surface area contributed by atoms with Gasteiger partial charge < -0.3 is 14.8 Å². The number of ether oxygens (including phenoxy) is 2. The van der Waals surface area contributed by atoms with Crippen molar-refractivity contribution in [3.63, 3.8) is 0 Å². The number of hydrogen-bond acceptors (Lipinski definition) is 5. The van der Waals surface area contributed by atoms with Crippen LogP contribution in [0.2, 0.25) is 0 Å². The van der Waals surface area contributed by atoms with Crippen molar-refractivity contribution in [2.45, 2.75) is 25.8 Å². The van der Waals surface area contributed by atoms with Gasteiger partial charge in [0.05, 0.1) is 43.3 Å². The number of amides is 1. The van der Waals surface area contributed by atoms with E-state index >= 15 is 0 Å². The Labute approximate surface area is 163 Å². The van der Waals surface area contributed by atoms with Gasteiger partial charge in [0.25, 0.3) is 0 Å². The van der Waals surface area contributed by atoms with Crippen LogP contribution in [0.1, 0.15) is 30.6 Å². The van der Waals surface area contributed by atoms with Gasteiger partial charge in [-0.1, -0.05) is 24.3 Å². The molecule has 3 aromatic rings. The average Bonchev–Trinajstić information content (AvgIpc) is 3.04. The van der Waals surface area contributed by atoms with Crippen molar-refractivity contribution < 1.29 is 14.3 Å². The SMILES string of the molecule is C[C@H](NC(=O)Cc1cnn(-c2ccccc2)n1)c1ccc2c(c1)OCCCO2. The van der Waals surface area contributed by atoms with Crippen molar-refractivity contribution >= 4 is 5.91 Å². The predicted octanol–water partition coefficient (Wildman–Crippen LogP) is 2.85. The van der Waals surface area contributed by atoms with Crippen molar-refractivity contribution in [1.82, 2.24) is 20.3 Å². The number of para-hydroxylation sites is 1. The molecule has 144 valence electrons. The summed E-state index contributed by atoms with van der Waals surface area (Å²) in [7, 11) is 0. The molecule has 7 nitrogen and oxygen atoms in total. The minimum Gasteiger partial charge on any atom is -0.490 e. The number of fused-ring (bicyclic) bond motifs is 1. The largest absolute Gasteiger partial charge is 0.490 e. The average molecular weight is 378 g/mol. The van der Waals surface area contributed by atoms with E-state index in [-0.39, 0.29) is 18.4 Å². The van der Waals surface area contributed by atoms with E-state index in [4.69, 9.17) is 9.47 Å². The highest BCUT2D eigenvalue weighted by Crippen LogP contribution is 2.32. The first-order valence-electron chi connectivity index (χ1n) is 9.34. The third-order valence-corrected chi connectivity index (χ3v) is 4.52. The van der Waals surface area contributed by atoms with Crippen molar-refractivity contribution in [1.29, 1.82) is 0 Å². The lowest BCUT2D eigenvalue weighted by atomic mass is 10.1. The zero-order chi connectivity index (χ0) is 19.3. The smallest absolute Gasteiger partial charge is 0.226 e. The van der Waals surface area contributed by atoms with Crippen LogP contribution in [0.4, 0.5) is 0 Å². The minimum absolute atomic E-state index is 0.111. The summed E-state index contributed by atoms with van der Waals surface area (Å²) < 4.78 is 11.4. The van der Waals surface area contributed by atoms with E-state index < -0.39 is 0 Å². The fraction of sp³-hybridized carbons (Fsp3) is 0.286. The molecule has 0 bridgehead atoms. The summed E-state index contributed by atoms with van der Waals surface area (Å²) in [4.78, 5) is 14.0. The minimum atomic E-state index is -0.158. The van der Waals surface area contributed by atoms with Crippen LogP contribution in [-0.2, 0) is 11.2 Å². The topological polar surface area (TPSA) is 78.3 Å². The van der Waals surface area contributed by atoms with Gasteiger partial charge in [-0.15, -0.1) is 0 Å². The van der Waals surface area contributed by atoms with Gasteiger partial charge in [0.1, 0.15) is 0 Å². The number of nitrogens with one attached hydrogen (secondary N) is 1. The lowest BCUT2D eigenvalue weighted by Crippen LogP contribution is -2.28. The number of hydrogen-bond donors (Lipinski definition) is 1. The van der Waals surface area contributed by atoms with Crippen molar-refractivity contribution in [2.75, 3.05) is 13.2 Å². The Bertz CT molecular complexity index is 955. The second kappa shape index (κ2) is 8.12. The van der Waals surface area contributed by atoms with Crippen molar-refractivity contribution in [2.24, 2.45) is 0 Å². The van der Waals surface area contributed by atoms with Crippen LogP contribution in [-0.4, -0.2) is 34.1 Å². The van der Waals surface area contributed by atoms with Gasteiger partial charge in [-0.2, -0.15) is 15.0 Å². The first kappa shape index (κ1) is 18.0. The van der Waals surface area contributed by atoms with Gasteiger partial charge >= 0.3 is 0 Å². The third kappa shape index (κ3) is 4.14. The maximum Gasteiger partial charge on any atom is 0.226 e. The Morgan fingerprint density at radius 3 is 2.75 bits per heavy atom. The van der Waals surface area contributed by atoms with Crippen LogP contribution in [0, 0.1) is 0 Å². The van der Waals surface area contributed by atoms with Crippen LogP contribution in [0.15, 0.2) is 54.7 Å². The lowest BCUT2D eigenvalue weighted by Gasteiger charge is -2.16. The van der Waals surface area contributed by atoms with E-state index in [9.17, 15) is 4.79 Å². The van der Waals surface area contributed by atoms with Crippen LogP contribution >= 0.6 is 0 Å². The molecule has 4 rings (SSSR count). The van der Waals surface area contributed by atoms with Gasteiger partial charge in [0, 0.05) is 6.42 Å². The summed E-state index contributed by atoms with van der Waals surface area (Å²) >= 11 is 0. The Kier molecular flexibility index (Phi) is 5.23. The molecular weight excluding hydrogens is 356 g/mol. The molecule has 0 unspecified atom stereocenters. The number of carbonyl (C=O) groups excluding carboxylic acids is 1. The summed E-state index contributed by atoms with van der Waals surface area (Å²) in [5.74, 6) is 1.36. The van der Waals surface area contributed by atoms with Gasteiger partial charge in [-0.05, 0) is 36.8 Å². The molecule has 0 saturated heterocycles. The predicted molar refractivity (Wildman–Crippen MR) is 104 cm³/mol. The summed E-state index contributed by atoms with van der Waals surface area (Å²) in [5, 5.41) is 11.6. The highest BCUT2D eigenvalue weighted by Gasteiger charge is 2.16. The van der Waals surface area contributed by atoms with Gasteiger partial charge in [0.2, 0.25) is 5.91 Å². The first-order chi connectivity index (χ1) is 13.7. The van der Waals surface area contributed by atoms with Crippen LogP contribution in [0.25, 0.3) is 5.69 Å². The van der Waals surface area contributed by atoms with E-state index in [1.54, 1.807) is 6.20 Å². The molecule has 0 aliphatic carbocycles. The molecule has 2 aromatic carbocycles. The quantitative estimate of drug-likeness (QED) is 0.739. The standard InChI is InChI=1S/C21H22N4O3/c1-15(16-8-9-19-20(12-16)28-11-5-10-27-19)23-21(26)13-17-14-22-25(24-17)18-6-3-2-4-7-18/h2-4,6-9,12,14-15H,5,10-11,13H2,1H3,(H,23,26)/t15-/m0/s1. The van der Waals surface area contributed by atoms with Crippen LogP contribution in [0.5, 0.6) is 11.5 Å². The highest BCUT2D eigenvalue weighted by molar-refractivity contribution is 5.78. The summed E-state index contributed by atoms with van der Waals surface area (Å²) in [6.45, 7) is 3.23. The lowest BCUT2D eigenvalue weighted by molar-refractivity contribution is -0.121. The fourth-order valence-electron chi connectivity index (χ4n) is 3.05. The molecule has 7 heteroatoms. The monoisotopic (exact) mass is 378 g/mol. The number of nitrogens with zero attached hydrogens (tertiary/aromatic N) is 3. The zero-order valence-corrected chi connectivity index (χ0v) is 15.7. The molecule has 1 aliphatic heterocycles. The van der Waals surface area contributed by atoms with Crippen molar-refractivity contribution in [3.8, 4) is 17.2 Å². The Morgan fingerprint density at radius 1 is 1.14 bits per heavy atom. The Morgan fingerprint density at radius 2 is 1.93 bits per heavy atom. The zero-order valence-electron chi connectivity index (χ0n) is 15.7. The highest BCUT2D eigenvalue weighted by atomic mass is 16.5. The second-order valence-corrected chi connectivity index (χ2v) is 6.68. The molecule has 0 saturated carbocycles. The molecule has 0 fully saturated rings. The molecule has 1 N–H and O–H groups in total. The summed E-state index contributed by atoms with van der Waals surface area (Å²) in [5.41, 5.74) is 2.44. The molecule has 1 amide bonds. The molecule has 1 aromatic heterocycles. The number of aromatic nitrogens is 3. The van der Waals surface area contributed by atoms with E-state index in [0.717, 1.165) is 29.2 Å². The van der Waals surface area contributed by atoms with E-state index in [1.807, 2.05) is 55.5 Å². The summed E-state index contributed by atoms with van der Waals surface area (Å²) in [6.07, 6.45) is 2.65. The maximum absolute atomic E-state index is 12.4. The van der Waals surface area contributed by atoms with E-state index in [1.165, 1.54) is 4.80 Å². The maximum atomic E-state index is 12.4. The number of benzene rings is 2. The van der Waals surface area contributed by atoms with Gasteiger partial charge in [0.15, 0.2) is 11.5 Å².